The lowest BCUT2D eigenvalue weighted by atomic mass is 9.43. The molecular formula is C33H52N2O5S. The van der Waals surface area contributed by atoms with Crippen LogP contribution >= 0.6 is 11.3 Å². The number of hydrogen-bond donors (Lipinski definition) is 3. The van der Waals surface area contributed by atoms with Gasteiger partial charge >= 0.3 is 5.97 Å². The van der Waals surface area contributed by atoms with Gasteiger partial charge in [0, 0.05) is 11.3 Å². The molecule has 0 bridgehead atoms. The summed E-state index contributed by atoms with van der Waals surface area (Å²) in [6.07, 6.45) is 9.96. The number of aromatic nitrogens is 1. The van der Waals surface area contributed by atoms with Crippen molar-refractivity contribution in [3.8, 4) is 0 Å². The van der Waals surface area contributed by atoms with Crippen molar-refractivity contribution in [1.29, 1.82) is 0 Å². The molecule has 0 saturated heterocycles. The van der Waals surface area contributed by atoms with Crippen molar-refractivity contribution in [3.05, 3.63) is 10.6 Å². The second-order valence-electron chi connectivity index (χ2n) is 14.8. The predicted octanol–water partition coefficient (Wildman–Crippen LogP) is 6.47. The number of esters is 1. The Hall–Kier alpha value is -1.51. The van der Waals surface area contributed by atoms with Crippen LogP contribution in [-0.4, -0.2) is 46.4 Å². The van der Waals surface area contributed by atoms with Gasteiger partial charge in [0.05, 0.1) is 19.3 Å². The highest BCUT2D eigenvalue weighted by Crippen LogP contribution is 2.68. The molecule has 1 aromatic rings. The summed E-state index contributed by atoms with van der Waals surface area (Å²) in [6.45, 7) is 11.3. The second-order valence-corrected chi connectivity index (χ2v) is 15.9. The number of thiazole rings is 1. The minimum absolute atomic E-state index is 0.0761. The number of nitrogens with one attached hydrogen (secondary N) is 1. The van der Waals surface area contributed by atoms with E-state index < -0.39 is 5.97 Å². The number of aliphatic hydroxyl groups excluding tert-OH is 2. The molecule has 10 atom stereocenters. The van der Waals surface area contributed by atoms with Crippen LogP contribution in [-0.2, 0) is 16.0 Å². The number of rotatable bonds is 8. The normalized spacial score (nSPS) is 39.0. The SMILES string of the molecule is COC(=O)c1nc(NC(=O)CC[C@@H](C)[C@@H]2CC[C@@H]3[C@@H]4CC[C@H]5C[C@H](O)CC[C@]5(C)[C@@H]4C[C@H](O)[C@@]32C)sc1CC(C)C. The van der Waals surface area contributed by atoms with Gasteiger partial charge in [0.15, 0.2) is 10.8 Å². The van der Waals surface area contributed by atoms with E-state index in [-0.39, 0.29) is 28.9 Å². The van der Waals surface area contributed by atoms with Crippen molar-refractivity contribution in [1.82, 2.24) is 4.98 Å². The Morgan fingerprint density at radius 2 is 1.83 bits per heavy atom. The fourth-order valence-electron chi connectivity index (χ4n) is 10.1. The van der Waals surface area contributed by atoms with Gasteiger partial charge in [-0.15, -0.1) is 11.3 Å². The van der Waals surface area contributed by atoms with Crippen molar-refractivity contribution in [2.75, 3.05) is 12.4 Å². The zero-order chi connectivity index (χ0) is 29.7. The molecule has 1 heterocycles. The topological polar surface area (TPSA) is 109 Å². The summed E-state index contributed by atoms with van der Waals surface area (Å²) >= 11 is 1.36. The molecule has 4 fully saturated rings. The summed E-state index contributed by atoms with van der Waals surface area (Å²) in [7, 11) is 1.35. The molecule has 4 saturated carbocycles. The smallest absolute Gasteiger partial charge is 0.357 e. The Morgan fingerprint density at radius 3 is 2.54 bits per heavy atom. The fraction of sp³-hybridized carbons (Fsp3) is 0.848. The third kappa shape index (κ3) is 5.62. The number of ether oxygens (including phenoxy) is 1. The highest BCUT2D eigenvalue weighted by atomic mass is 32.1. The van der Waals surface area contributed by atoms with Crippen LogP contribution in [0, 0.1) is 52.3 Å². The fourth-order valence-corrected chi connectivity index (χ4v) is 11.2. The minimum Gasteiger partial charge on any atom is -0.464 e. The number of nitrogens with zero attached hydrogens (tertiary/aromatic N) is 1. The van der Waals surface area contributed by atoms with Gasteiger partial charge in [0.25, 0.3) is 0 Å². The van der Waals surface area contributed by atoms with Crippen LogP contribution < -0.4 is 5.32 Å². The molecule has 0 unspecified atom stereocenters. The number of hydrogen-bond acceptors (Lipinski definition) is 7. The number of fused-ring (bicyclic) bond motifs is 5. The number of carbonyl (C=O) groups excluding carboxylic acids is 2. The van der Waals surface area contributed by atoms with Crippen molar-refractivity contribution >= 4 is 28.3 Å². The first kappa shape index (κ1) is 30.9. The highest BCUT2D eigenvalue weighted by Gasteiger charge is 2.63. The van der Waals surface area contributed by atoms with Crippen LogP contribution in [0.15, 0.2) is 0 Å². The number of anilines is 1. The van der Waals surface area contributed by atoms with E-state index in [0.717, 1.165) is 43.4 Å². The third-order valence-corrected chi connectivity index (χ3v) is 13.2. The Labute approximate surface area is 250 Å². The van der Waals surface area contributed by atoms with E-state index >= 15 is 0 Å². The Balaban J connectivity index is 1.22. The highest BCUT2D eigenvalue weighted by molar-refractivity contribution is 7.16. The molecule has 41 heavy (non-hydrogen) atoms. The molecule has 1 aromatic heterocycles. The van der Waals surface area contributed by atoms with Crippen molar-refractivity contribution in [2.24, 2.45) is 52.3 Å². The molecule has 4 aliphatic rings. The molecule has 0 radical (unpaired) electrons. The van der Waals surface area contributed by atoms with Crippen LogP contribution in [0.2, 0.25) is 0 Å². The molecule has 1 amide bonds. The van der Waals surface area contributed by atoms with Gasteiger partial charge in [-0.1, -0.05) is 34.6 Å². The maximum absolute atomic E-state index is 13.0. The van der Waals surface area contributed by atoms with Gasteiger partial charge in [-0.3, -0.25) is 4.79 Å². The Morgan fingerprint density at radius 1 is 1.07 bits per heavy atom. The number of carbonyl (C=O) groups is 2. The van der Waals surface area contributed by atoms with E-state index in [0.29, 0.717) is 65.1 Å². The van der Waals surface area contributed by atoms with Crippen molar-refractivity contribution in [2.45, 2.75) is 117 Å². The summed E-state index contributed by atoms with van der Waals surface area (Å²) in [5.41, 5.74) is 0.437. The van der Waals surface area contributed by atoms with Crippen LogP contribution in [0.1, 0.15) is 114 Å². The van der Waals surface area contributed by atoms with E-state index in [9.17, 15) is 19.8 Å². The van der Waals surface area contributed by atoms with E-state index in [1.165, 1.54) is 37.7 Å². The van der Waals surface area contributed by atoms with Gasteiger partial charge in [0.2, 0.25) is 5.91 Å². The minimum atomic E-state index is -0.466. The molecule has 0 spiro atoms. The van der Waals surface area contributed by atoms with Crippen LogP contribution in [0.25, 0.3) is 0 Å². The summed E-state index contributed by atoms with van der Waals surface area (Å²) in [6, 6.07) is 0. The second kappa shape index (κ2) is 11.9. The lowest BCUT2D eigenvalue weighted by molar-refractivity contribution is -0.174. The summed E-state index contributed by atoms with van der Waals surface area (Å²) in [5.74, 6) is 2.88. The number of aliphatic hydroxyl groups is 2. The molecule has 5 rings (SSSR count). The van der Waals surface area contributed by atoms with Crippen molar-refractivity contribution < 1.29 is 24.5 Å². The maximum Gasteiger partial charge on any atom is 0.357 e. The number of methoxy groups -OCH3 is 1. The number of amides is 1. The van der Waals surface area contributed by atoms with Crippen LogP contribution in [0.3, 0.4) is 0 Å². The van der Waals surface area contributed by atoms with Gasteiger partial charge in [-0.25, -0.2) is 9.78 Å². The van der Waals surface area contributed by atoms with Gasteiger partial charge in [0.1, 0.15) is 0 Å². The summed E-state index contributed by atoms with van der Waals surface area (Å²) < 4.78 is 4.91. The van der Waals surface area contributed by atoms with E-state index in [1.807, 2.05) is 0 Å². The van der Waals surface area contributed by atoms with Crippen molar-refractivity contribution in [3.63, 3.8) is 0 Å². The zero-order valence-electron chi connectivity index (χ0n) is 25.9. The Kier molecular flexibility index (Phi) is 8.96. The molecule has 0 aliphatic heterocycles. The van der Waals surface area contributed by atoms with E-state index in [2.05, 4.69) is 44.9 Å². The maximum atomic E-state index is 13.0. The van der Waals surface area contributed by atoms with Crippen LogP contribution in [0.5, 0.6) is 0 Å². The van der Waals surface area contributed by atoms with Gasteiger partial charge in [-0.05, 0) is 116 Å². The van der Waals surface area contributed by atoms with Crippen LogP contribution in [0.4, 0.5) is 5.13 Å². The lowest BCUT2D eigenvalue weighted by Crippen LogP contribution is -2.58. The molecule has 4 aliphatic carbocycles. The molecule has 8 heteroatoms. The first-order chi connectivity index (χ1) is 19.4. The third-order valence-electron chi connectivity index (χ3n) is 12.2. The molecule has 7 nitrogen and oxygen atoms in total. The monoisotopic (exact) mass is 588 g/mol. The molecular weight excluding hydrogens is 536 g/mol. The largest absolute Gasteiger partial charge is 0.464 e. The Bertz CT molecular complexity index is 1120. The lowest BCUT2D eigenvalue weighted by Gasteiger charge is -2.62. The first-order valence-corrected chi connectivity index (χ1v) is 16.9. The van der Waals surface area contributed by atoms with E-state index in [1.54, 1.807) is 0 Å². The zero-order valence-corrected chi connectivity index (χ0v) is 26.8. The molecule has 230 valence electrons. The summed E-state index contributed by atoms with van der Waals surface area (Å²) in [5, 5.41) is 25.6. The predicted molar refractivity (Wildman–Crippen MR) is 162 cm³/mol. The molecule has 3 N–H and O–H groups in total. The average Bonchev–Trinajstić information content (AvgIpc) is 3.48. The standard InChI is InChI=1S/C33H52N2O5S/c1-18(2)15-26-29(30(39)40-6)35-31(41-26)34-28(38)12-7-19(3)23-10-11-24-22-9-8-20-16-21(36)13-14-32(20,4)25(22)17-27(37)33(23,24)5/h18-25,27,36-37H,7-17H2,1-6H3,(H,34,35,38)/t19-,20+,21-,22+,23+,24-,25-,27+,32+,33-/m1/s1. The van der Waals surface area contributed by atoms with Gasteiger partial charge < -0.3 is 20.3 Å². The quantitative estimate of drug-likeness (QED) is 0.300. The average molecular weight is 589 g/mol. The summed E-state index contributed by atoms with van der Waals surface area (Å²) in [4.78, 5) is 30.4. The molecule has 0 aromatic carbocycles. The van der Waals surface area contributed by atoms with E-state index in [4.69, 9.17) is 4.74 Å². The first-order valence-electron chi connectivity index (χ1n) is 16.1. The van der Waals surface area contributed by atoms with Gasteiger partial charge in [-0.2, -0.15) is 0 Å².